The van der Waals surface area contributed by atoms with E-state index >= 15 is 0 Å². The van der Waals surface area contributed by atoms with E-state index in [0.29, 0.717) is 34.6 Å². The summed E-state index contributed by atoms with van der Waals surface area (Å²) in [7, 11) is 1.65. The zero-order chi connectivity index (χ0) is 23.0. The smallest absolute Gasteiger partial charge is 0.259 e. The molecule has 1 aromatic carbocycles. The average molecular weight is 441 g/mol. The van der Waals surface area contributed by atoms with E-state index in [-0.39, 0.29) is 17.3 Å². The molecule has 33 heavy (non-hydrogen) atoms. The molecule has 1 fully saturated rings. The van der Waals surface area contributed by atoms with Gasteiger partial charge in [0.2, 0.25) is 0 Å². The Morgan fingerprint density at radius 1 is 1.21 bits per heavy atom. The number of methoxy groups -OCH3 is 1. The van der Waals surface area contributed by atoms with Gasteiger partial charge >= 0.3 is 0 Å². The van der Waals surface area contributed by atoms with Gasteiger partial charge in [0.15, 0.2) is 0 Å². The van der Waals surface area contributed by atoms with Crippen LogP contribution in [0.25, 0.3) is 11.0 Å². The van der Waals surface area contributed by atoms with Gasteiger partial charge in [-0.05, 0) is 55.5 Å². The lowest BCUT2D eigenvalue weighted by atomic mass is 10.1. The Balaban J connectivity index is 1.65. The van der Waals surface area contributed by atoms with E-state index in [2.05, 4.69) is 34.2 Å². The number of nitrogens with one attached hydrogen (secondary N) is 1. The van der Waals surface area contributed by atoms with Crippen molar-refractivity contribution in [1.29, 1.82) is 0 Å². The van der Waals surface area contributed by atoms with Gasteiger partial charge in [-0.15, -0.1) is 0 Å². The quantitative estimate of drug-likeness (QED) is 0.462. The standard InChI is InChI=1S/C25H24N6O2/c1-25(10-11-25)31-19(9-14-30-12-3-4-13-30)20(21-22(26)27-16-28-23(21)31)24(32)29-18-7-5-17(6-8-18)15-33-2/h3-8,12-13,16H,10-11,15H2,1-2H3,(H,29,32)(H2,26,27,28). The number of nitrogens with zero attached hydrogens (tertiary/aromatic N) is 4. The number of benzene rings is 1. The molecule has 166 valence electrons. The van der Waals surface area contributed by atoms with Crippen LogP contribution in [0.2, 0.25) is 0 Å². The summed E-state index contributed by atoms with van der Waals surface area (Å²) in [4.78, 5) is 22.3. The highest BCUT2D eigenvalue weighted by atomic mass is 16.5. The summed E-state index contributed by atoms with van der Waals surface area (Å²) < 4.78 is 8.96. The van der Waals surface area contributed by atoms with E-state index in [1.165, 1.54) is 6.33 Å². The Kier molecular flexibility index (Phi) is 5.11. The van der Waals surface area contributed by atoms with Crippen molar-refractivity contribution in [3.8, 4) is 12.0 Å². The normalized spacial score (nSPS) is 14.0. The second-order valence-electron chi connectivity index (χ2n) is 8.42. The molecule has 8 nitrogen and oxygen atoms in total. The van der Waals surface area contributed by atoms with Gasteiger partial charge in [-0.1, -0.05) is 12.1 Å². The van der Waals surface area contributed by atoms with Gasteiger partial charge in [0, 0.05) is 36.8 Å². The molecule has 1 amide bonds. The molecule has 0 unspecified atom stereocenters. The highest BCUT2D eigenvalue weighted by Gasteiger charge is 2.44. The first-order valence-corrected chi connectivity index (χ1v) is 10.7. The molecule has 5 rings (SSSR count). The number of hydrogen-bond acceptors (Lipinski definition) is 5. The van der Waals surface area contributed by atoms with Crippen molar-refractivity contribution in [2.24, 2.45) is 0 Å². The van der Waals surface area contributed by atoms with E-state index in [0.717, 1.165) is 18.4 Å². The summed E-state index contributed by atoms with van der Waals surface area (Å²) in [6, 6.07) is 14.4. The van der Waals surface area contributed by atoms with E-state index in [1.54, 1.807) is 11.7 Å². The Labute approximate surface area is 191 Å². The van der Waals surface area contributed by atoms with Gasteiger partial charge in [0.1, 0.15) is 23.5 Å². The van der Waals surface area contributed by atoms with Crippen molar-refractivity contribution in [3.05, 3.63) is 71.9 Å². The molecule has 0 atom stereocenters. The summed E-state index contributed by atoms with van der Waals surface area (Å²) >= 11 is 0. The predicted octanol–water partition coefficient (Wildman–Crippen LogP) is 3.58. The lowest BCUT2D eigenvalue weighted by molar-refractivity contribution is 0.102. The number of carbonyl (C=O) groups is 1. The van der Waals surface area contributed by atoms with Crippen LogP contribution in [0.1, 0.15) is 41.4 Å². The van der Waals surface area contributed by atoms with Crippen LogP contribution in [0.3, 0.4) is 0 Å². The topological polar surface area (TPSA) is 100.0 Å². The maximum atomic E-state index is 13.6. The fourth-order valence-corrected chi connectivity index (χ4v) is 3.98. The number of ether oxygens (including phenoxy) is 1. The van der Waals surface area contributed by atoms with Crippen molar-refractivity contribution in [2.75, 3.05) is 18.2 Å². The van der Waals surface area contributed by atoms with Crippen LogP contribution in [-0.2, 0) is 16.9 Å². The van der Waals surface area contributed by atoms with Crippen LogP contribution in [0.4, 0.5) is 11.5 Å². The molecule has 0 spiro atoms. The highest BCUT2D eigenvalue weighted by Crippen LogP contribution is 2.47. The first kappa shape index (κ1) is 20.8. The summed E-state index contributed by atoms with van der Waals surface area (Å²) in [5.74, 6) is 3.17. The van der Waals surface area contributed by atoms with Crippen LogP contribution >= 0.6 is 0 Å². The third-order valence-corrected chi connectivity index (χ3v) is 5.95. The van der Waals surface area contributed by atoms with Crippen molar-refractivity contribution < 1.29 is 9.53 Å². The molecule has 3 N–H and O–H groups in total. The molecule has 1 aliphatic carbocycles. The van der Waals surface area contributed by atoms with Gasteiger partial charge in [0.25, 0.3) is 5.91 Å². The Morgan fingerprint density at radius 3 is 2.61 bits per heavy atom. The van der Waals surface area contributed by atoms with Crippen molar-refractivity contribution in [2.45, 2.75) is 31.9 Å². The first-order chi connectivity index (χ1) is 16.0. The Hall–Kier alpha value is -4.09. The average Bonchev–Trinajstić information content (AvgIpc) is 3.21. The van der Waals surface area contributed by atoms with Gasteiger partial charge in [0.05, 0.1) is 17.6 Å². The molecule has 1 saturated carbocycles. The molecule has 0 bridgehead atoms. The van der Waals surface area contributed by atoms with Crippen molar-refractivity contribution >= 4 is 28.4 Å². The molecular formula is C25H24N6O2. The number of fused-ring (bicyclic) bond motifs is 1. The van der Waals surface area contributed by atoms with Gasteiger partial charge in [-0.25, -0.2) is 9.97 Å². The van der Waals surface area contributed by atoms with E-state index in [4.69, 9.17) is 10.5 Å². The van der Waals surface area contributed by atoms with Crippen LogP contribution in [0, 0.1) is 12.0 Å². The fourth-order valence-electron chi connectivity index (χ4n) is 3.98. The summed E-state index contributed by atoms with van der Waals surface area (Å²) in [5, 5.41) is 3.51. The number of rotatable bonds is 5. The molecule has 0 saturated heterocycles. The zero-order valence-corrected chi connectivity index (χ0v) is 18.5. The summed E-state index contributed by atoms with van der Waals surface area (Å²) in [6.07, 6.45) is 7.09. The second kappa shape index (κ2) is 8.11. The first-order valence-electron chi connectivity index (χ1n) is 10.7. The van der Waals surface area contributed by atoms with E-state index in [9.17, 15) is 4.79 Å². The van der Waals surface area contributed by atoms with Gasteiger partial charge in [-0.2, -0.15) is 0 Å². The van der Waals surface area contributed by atoms with Crippen LogP contribution < -0.4 is 11.1 Å². The number of nitrogens with two attached hydrogens (primary N) is 1. The van der Waals surface area contributed by atoms with E-state index in [1.807, 2.05) is 53.4 Å². The third-order valence-electron chi connectivity index (χ3n) is 5.95. The van der Waals surface area contributed by atoms with Gasteiger partial charge in [-0.3, -0.25) is 9.36 Å². The minimum atomic E-state index is -0.305. The number of nitrogen functional groups attached to an aromatic ring is 1. The number of amides is 1. The molecule has 4 aromatic rings. The van der Waals surface area contributed by atoms with E-state index < -0.39 is 0 Å². The number of carbonyl (C=O) groups excluding carboxylic acids is 1. The Bertz CT molecular complexity index is 1390. The SMILES string of the molecule is COCc1ccc(NC(=O)c2c(C#Cn3cccc3)n(C3(C)CC3)c3ncnc(N)c23)cc1. The van der Waals surface area contributed by atoms with Crippen molar-refractivity contribution in [1.82, 2.24) is 19.1 Å². The minimum Gasteiger partial charge on any atom is -0.383 e. The minimum absolute atomic E-state index is 0.167. The Morgan fingerprint density at radius 2 is 1.94 bits per heavy atom. The monoisotopic (exact) mass is 440 g/mol. The third kappa shape index (κ3) is 3.83. The molecular weight excluding hydrogens is 416 g/mol. The molecule has 1 aliphatic rings. The molecule has 3 heterocycles. The van der Waals surface area contributed by atoms with Crippen LogP contribution in [-0.4, -0.2) is 32.1 Å². The second-order valence-corrected chi connectivity index (χ2v) is 8.42. The molecule has 0 radical (unpaired) electrons. The zero-order valence-electron chi connectivity index (χ0n) is 18.5. The number of hydrogen-bond donors (Lipinski definition) is 2. The predicted molar refractivity (Wildman–Crippen MR) is 127 cm³/mol. The number of aromatic nitrogens is 4. The lowest BCUT2D eigenvalue weighted by Crippen LogP contribution is -2.18. The maximum absolute atomic E-state index is 13.6. The lowest BCUT2D eigenvalue weighted by Gasteiger charge is -2.14. The maximum Gasteiger partial charge on any atom is 0.259 e. The number of anilines is 2. The molecule has 0 aliphatic heterocycles. The summed E-state index contributed by atoms with van der Waals surface area (Å²) in [6.45, 7) is 2.65. The van der Waals surface area contributed by atoms with Crippen molar-refractivity contribution in [3.63, 3.8) is 0 Å². The fraction of sp³-hybridized carbons (Fsp3) is 0.240. The molecule has 3 aromatic heterocycles. The highest BCUT2D eigenvalue weighted by molar-refractivity contribution is 6.16. The molecule has 8 heteroatoms. The largest absolute Gasteiger partial charge is 0.383 e. The summed E-state index contributed by atoms with van der Waals surface area (Å²) in [5.41, 5.74) is 9.38. The van der Waals surface area contributed by atoms with Crippen LogP contribution in [0.5, 0.6) is 0 Å². The van der Waals surface area contributed by atoms with Gasteiger partial charge < -0.3 is 20.4 Å². The van der Waals surface area contributed by atoms with Crippen LogP contribution in [0.15, 0.2) is 55.1 Å².